The fraction of sp³-hybridized carbons (Fsp3) is 0.133. The Kier molecular flexibility index (Phi) is 4.60. The van der Waals surface area contributed by atoms with Gasteiger partial charge in [-0.25, -0.2) is 8.78 Å². The van der Waals surface area contributed by atoms with Crippen molar-refractivity contribution >= 4 is 28.8 Å². The van der Waals surface area contributed by atoms with Gasteiger partial charge in [0.25, 0.3) is 0 Å². The van der Waals surface area contributed by atoms with Gasteiger partial charge in [0.05, 0.1) is 9.95 Å². The summed E-state index contributed by atoms with van der Waals surface area (Å²) in [5.74, 6) is -2.18. The number of nitro benzene ring substituents is 1. The van der Waals surface area contributed by atoms with Crippen LogP contribution in [0.4, 0.5) is 20.2 Å². The maximum absolute atomic E-state index is 13.8. The van der Waals surface area contributed by atoms with E-state index in [0.717, 1.165) is 12.1 Å². The summed E-state index contributed by atoms with van der Waals surface area (Å²) in [4.78, 5) is 22.6. The van der Waals surface area contributed by atoms with E-state index in [4.69, 9.17) is 17.3 Å². The normalized spacial score (nSPS) is 10.6. The molecular formula is C15H11ClF2N2O3. The number of hydrogen-bond donors (Lipinski definition) is 1. The number of hydrogen-bond acceptors (Lipinski definition) is 4. The molecule has 120 valence electrons. The maximum Gasteiger partial charge on any atom is 0.303 e. The van der Waals surface area contributed by atoms with Gasteiger partial charge in [-0.05, 0) is 30.7 Å². The molecule has 2 aromatic carbocycles. The van der Waals surface area contributed by atoms with Gasteiger partial charge in [0, 0.05) is 12.0 Å². The summed E-state index contributed by atoms with van der Waals surface area (Å²) in [6.45, 7) is 1.28. The fourth-order valence-corrected chi connectivity index (χ4v) is 2.30. The van der Waals surface area contributed by atoms with Crippen LogP contribution in [-0.4, -0.2) is 10.7 Å². The number of anilines is 1. The van der Waals surface area contributed by atoms with Gasteiger partial charge in [-0.2, -0.15) is 0 Å². The highest BCUT2D eigenvalue weighted by atomic mass is 35.5. The monoisotopic (exact) mass is 340 g/mol. The molecule has 0 atom stereocenters. The van der Waals surface area contributed by atoms with Crippen molar-refractivity contribution in [2.75, 3.05) is 5.73 Å². The summed E-state index contributed by atoms with van der Waals surface area (Å²) in [5.41, 5.74) is 4.34. The third-order valence-electron chi connectivity index (χ3n) is 3.38. The van der Waals surface area contributed by atoms with E-state index in [-0.39, 0.29) is 17.0 Å². The molecule has 5 nitrogen and oxygen atoms in total. The van der Waals surface area contributed by atoms with Crippen molar-refractivity contribution in [3.63, 3.8) is 0 Å². The highest BCUT2D eigenvalue weighted by molar-refractivity contribution is 6.30. The van der Waals surface area contributed by atoms with Crippen molar-refractivity contribution in [3.05, 3.63) is 67.7 Å². The van der Waals surface area contributed by atoms with Gasteiger partial charge in [-0.15, -0.1) is 0 Å². The molecule has 2 aromatic rings. The van der Waals surface area contributed by atoms with E-state index < -0.39 is 39.3 Å². The first kappa shape index (κ1) is 16.8. The van der Waals surface area contributed by atoms with E-state index in [9.17, 15) is 23.7 Å². The number of nitro groups is 1. The molecule has 0 saturated carbocycles. The van der Waals surface area contributed by atoms with Crippen molar-refractivity contribution in [2.24, 2.45) is 0 Å². The SMILES string of the molecule is Cc1c(F)cc(C(=O)Cc2ccc(F)c(Cl)c2)c([N+](=O)[O-])c1N. The molecule has 0 heterocycles. The van der Waals surface area contributed by atoms with Crippen LogP contribution in [-0.2, 0) is 6.42 Å². The maximum atomic E-state index is 13.8. The number of nitrogens with two attached hydrogens (primary N) is 1. The minimum atomic E-state index is -0.827. The van der Waals surface area contributed by atoms with Crippen molar-refractivity contribution in [2.45, 2.75) is 13.3 Å². The van der Waals surface area contributed by atoms with Crippen LogP contribution in [0.25, 0.3) is 0 Å². The number of benzene rings is 2. The van der Waals surface area contributed by atoms with E-state index in [1.54, 1.807) is 0 Å². The lowest BCUT2D eigenvalue weighted by Gasteiger charge is -2.08. The molecule has 0 fully saturated rings. The van der Waals surface area contributed by atoms with E-state index in [1.807, 2.05) is 0 Å². The van der Waals surface area contributed by atoms with Gasteiger partial charge in [-0.1, -0.05) is 17.7 Å². The average molecular weight is 341 g/mol. The summed E-state index contributed by atoms with van der Waals surface area (Å²) in [6.07, 6.45) is -0.303. The zero-order valence-electron chi connectivity index (χ0n) is 11.9. The molecule has 2 N–H and O–H groups in total. The summed E-state index contributed by atoms with van der Waals surface area (Å²) in [5, 5.41) is 11.0. The first-order valence-corrected chi connectivity index (χ1v) is 6.80. The van der Waals surface area contributed by atoms with Gasteiger partial charge in [0.2, 0.25) is 0 Å². The van der Waals surface area contributed by atoms with Crippen molar-refractivity contribution in [3.8, 4) is 0 Å². The first-order valence-electron chi connectivity index (χ1n) is 6.42. The van der Waals surface area contributed by atoms with E-state index >= 15 is 0 Å². The second-order valence-corrected chi connectivity index (χ2v) is 5.31. The number of Topliss-reactive ketones (excluding diaryl/α,β-unsaturated/α-hetero) is 1. The number of nitrogen functional groups attached to an aromatic ring is 1. The van der Waals surface area contributed by atoms with E-state index in [1.165, 1.54) is 19.1 Å². The molecule has 0 unspecified atom stereocenters. The first-order chi connectivity index (χ1) is 10.7. The third kappa shape index (κ3) is 3.29. The number of carbonyl (C=O) groups excluding carboxylic acids is 1. The highest BCUT2D eigenvalue weighted by Gasteiger charge is 2.27. The Morgan fingerprint density at radius 2 is 1.96 bits per heavy atom. The number of halogens is 3. The average Bonchev–Trinajstić information content (AvgIpc) is 2.47. The molecule has 0 bridgehead atoms. The van der Waals surface area contributed by atoms with E-state index in [0.29, 0.717) is 5.56 Å². The van der Waals surface area contributed by atoms with Crippen LogP contribution >= 0.6 is 11.6 Å². The van der Waals surface area contributed by atoms with Crippen LogP contribution in [0.15, 0.2) is 24.3 Å². The second-order valence-electron chi connectivity index (χ2n) is 4.90. The minimum Gasteiger partial charge on any atom is -0.393 e. The van der Waals surface area contributed by atoms with Crippen LogP contribution in [0, 0.1) is 28.7 Å². The number of carbonyl (C=O) groups is 1. The highest BCUT2D eigenvalue weighted by Crippen LogP contribution is 2.32. The van der Waals surface area contributed by atoms with Gasteiger partial charge in [0.1, 0.15) is 22.9 Å². The quantitative estimate of drug-likeness (QED) is 0.396. The predicted molar refractivity (Wildman–Crippen MR) is 81.6 cm³/mol. The van der Waals surface area contributed by atoms with Crippen LogP contribution in [0.3, 0.4) is 0 Å². The Balaban J connectivity index is 2.46. The van der Waals surface area contributed by atoms with Gasteiger partial charge >= 0.3 is 5.69 Å². The Hall–Kier alpha value is -2.54. The molecule has 0 amide bonds. The second kappa shape index (κ2) is 6.29. The Morgan fingerprint density at radius 1 is 1.30 bits per heavy atom. The molecule has 0 saturated heterocycles. The van der Waals surface area contributed by atoms with Crippen LogP contribution in [0.5, 0.6) is 0 Å². The Morgan fingerprint density at radius 3 is 2.52 bits per heavy atom. The van der Waals surface area contributed by atoms with Crippen molar-refractivity contribution < 1.29 is 18.5 Å². The molecule has 2 rings (SSSR count). The lowest BCUT2D eigenvalue weighted by Crippen LogP contribution is -2.11. The summed E-state index contributed by atoms with van der Waals surface area (Å²) >= 11 is 5.62. The smallest absolute Gasteiger partial charge is 0.303 e. The van der Waals surface area contributed by atoms with Crippen molar-refractivity contribution in [1.82, 2.24) is 0 Å². The van der Waals surface area contributed by atoms with Crippen molar-refractivity contribution in [1.29, 1.82) is 0 Å². The molecule has 8 heteroatoms. The molecule has 0 radical (unpaired) electrons. The lowest BCUT2D eigenvalue weighted by atomic mass is 9.98. The van der Waals surface area contributed by atoms with Gasteiger partial charge in [0.15, 0.2) is 5.78 Å². The fourth-order valence-electron chi connectivity index (χ4n) is 2.09. The lowest BCUT2D eigenvalue weighted by molar-refractivity contribution is -0.384. The number of ketones is 1. The number of rotatable bonds is 4. The molecule has 0 aliphatic heterocycles. The van der Waals surface area contributed by atoms with Crippen LogP contribution in [0.1, 0.15) is 21.5 Å². The molecule has 0 aromatic heterocycles. The van der Waals surface area contributed by atoms with Gasteiger partial charge < -0.3 is 5.73 Å². The molecule has 0 aliphatic carbocycles. The molecule has 0 spiro atoms. The zero-order valence-corrected chi connectivity index (χ0v) is 12.7. The van der Waals surface area contributed by atoms with Gasteiger partial charge in [-0.3, -0.25) is 14.9 Å². The third-order valence-corrected chi connectivity index (χ3v) is 3.66. The minimum absolute atomic E-state index is 0.0990. The number of nitrogens with zero attached hydrogens (tertiary/aromatic N) is 1. The Labute approximate surface area is 134 Å². The summed E-state index contributed by atoms with van der Waals surface area (Å²) in [7, 11) is 0. The topological polar surface area (TPSA) is 86.2 Å². The Bertz CT molecular complexity index is 825. The largest absolute Gasteiger partial charge is 0.393 e. The van der Waals surface area contributed by atoms with Crippen LogP contribution in [0.2, 0.25) is 5.02 Å². The zero-order chi connectivity index (χ0) is 17.3. The van der Waals surface area contributed by atoms with E-state index in [2.05, 4.69) is 0 Å². The molecular weight excluding hydrogens is 330 g/mol. The standard InChI is InChI=1S/C15H11ClF2N2O3/c1-7-12(18)6-9(15(14(7)19)20(22)23)13(21)5-8-2-3-11(17)10(16)4-8/h2-4,6H,5,19H2,1H3. The molecule has 0 aliphatic rings. The summed E-state index contributed by atoms with van der Waals surface area (Å²) < 4.78 is 26.9. The predicted octanol–water partition coefficient (Wildman–Crippen LogP) is 3.84. The van der Waals surface area contributed by atoms with Crippen LogP contribution < -0.4 is 5.73 Å². The molecule has 23 heavy (non-hydrogen) atoms. The summed E-state index contributed by atoms with van der Waals surface area (Å²) in [6, 6.07) is 4.41.